The van der Waals surface area contributed by atoms with Gasteiger partial charge >= 0.3 is 12.1 Å². The molecular formula is C21H18F4N2O3. The molecule has 2 aliphatic rings. The molecule has 1 N–H and O–H groups in total. The van der Waals surface area contributed by atoms with Gasteiger partial charge in [-0.3, -0.25) is 9.59 Å². The Balaban J connectivity index is 1.89. The Labute approximate surface area is 169 Å². The number of anilines is 1. The number of Topliss-reactive ketones (excluding diaryl/α,β-unsaturated/α-hetero) is 1. The zero-order valence-corrected chi connectivity index (χ0v) is 15.9. The van der Waals surface area contributed by atoms with Gasteiger partial charge in [-0.05, 0) is 31.9 Å². The highest BCUT2D eigenvalue weighted by atomic mass is 19.4. The highest BCUT2D eigenvalue weighted by Gasteiger charge is 2.45. The second-order valence-corrected chi connectivity index (χ2v) is 7.35. The summed E-state index contributed by atoms with van der Waals surface area (Å²) in [5, 5.41) is 2.10. The molecule has 2 aliphatic heterocycles. The first-order valence-electron chi connectivity index (χ1n) is 9.42. The SMILES string of the molecule is CC(=O)c1cc(F)cc2c1N1CCC[C@@H](NC(=O)C(F)(F)F)[C@H]1c1ccccc1O2. The molecule has 2 heterocycles. The monoisotopic (exact) mass is 422 g/mol. The number of nitrogens with zero attached hydrogens (tertiary/aromatic N) is 1. The summed E-state index contributed by atoms with van der Waals surface area (Å²) in [5.74, 6) is -2.64. The highest BCUT2D eigenvalue weighted by Crippen LogP contribution is 2.49. The predicted octanol–water partition coefficient (Wildman–Crippen LogP) is 4.52. The van der Waals surface area contributed by atoms with Crippen molar-refractivity contribution in [3.05, 3.63) is 53.3 Å². The maximum atomic E-state index is 14.2. The molecule has 2 atom stereocenters. The first-order valence-corrected chi connectivity index (χ1v) is 9.42. The number of benzene rings is 2. The van der Waals surface area contributed by atoms with Crippen molar-refractivity contribution in [1.82, 2.24) is 5.32 Å². The van der Waals surface area contributed by atoms with Gasteiger partial charge in [-0.2, -0.15) is 13.2 Å². The molecule has 9 heteroatoms. The van der Waals surface area contributed by atoms with Crippen molar-refractivity contribution in [2.75, 3.05) is 11.4 Å². The van der Waals surface area contributed by atoms with Gasteiger partial charge in [-0.15, -0.1) is 0 Å². The molecular weight excluding hydrogens is 404 g/mol. The largest absolute Gasteiger partial charge is 0.471 e. The van der Waals surface area contributed by atoms with Crippen LogP contribution in [-0.2, 0) is 4.79 Å². The second-order valence-electron chi connectivity index (χ2n) is 7.35. The van der Waals surface area contributed by atoms with Crippen LogP contribution in [0.25, 0.3) is 0 Å². The molecule has 2 aromatic carbocycles. The average Bonchev–Trinajstić information content (AvgIpc) is 2.81. The van der Waals surface area contributed by atoms with E-state index in [9.17, 15) is 27.2 Å². The van der Waals surface area contributed by atoms with E-state index in [1.807, 2.05) is 0 Å². The van der Waals surface area contributed by atoms with Crippen molar-refractivity contribution >= 4 is 17.4 Å². The molecule has 158 valence electrons. The number of fused-ring (bicyclic) bond motifs is 5. The van der Waals surface area contributed by atoms with Crippen molar-refractivity contribution in [2.45, 2.75) is 38.0 Å². The van der Waals surface area contributed by atoms with Crippen LogP contribution in [0.1, 0.15) is 41.7 Å². The number of carbonyl (C=O) groups is 2. The molecule has 0 spiro atoms. The molecule has 0 radical (unpaired) electrons. The Morgan fingerprint density at radius 1 is 1.17 bits per heavy atom. The maximum Gasteiger partial charge on any atom is 0.471 e. The topological polar surface area (TPSA) is 58.6 Å². The molecule has 4 rings (SSSR count). The number of piperidine rings is 1. The number of para-hydroxylation sites is 1. The first-order chi connectivity index (χ1) is 14.2. The molecule has 5 nitrogen and oxygen atoms in total. The van der Waals surface area contributed by atoms with E-state index in [1.54, 1.807) is 29.2 Å². The highest BCUT2D eigenvalue weighted by molar-refractivity contribution is 6.01. The normalized spacial score (nSPS) is 20.2. The van der Waals surface area contributed by atoms with E-state index in [0.29, 0.717) is 36.4 Å². The summed E-state index contributed by atoms with van der Waals surface area (Å²) in [5.41, 5.74) is 0.942. The lowest BCUT2D eigenvalue weighted by Crippen LogP contribution is -2.53. The number of carbonyl (C=O) groups excluding carboxylic acids is 2. The zero-order chi connectivity index (χ0) is 21.6. The summed E-state index contributed by atoms with van der Waals surface area (Å²) in [6, 6.07) is 7.36. The minimum atomic E-state index is -5.02. The first kappa shape index (κ1) is 20.2. The summed E-state index contributed by atoms with van der Waals surface area (Å²) in [6.07, 6.45) is -4.24. The number of amides is 1. The fraction of sp³-hybridized carbons (Fsp3) is 0.333. The van der Waals surface area contributed by atoms with Crippen LogP contribution in [-0.4, -0.2) is 30.5 Å². The number of halogens is 4. The quantitative estimate of drug-likeness (QED) is 0.571. The van der Waals surface area contributed by atoms with Gasteiger partial charge in [0.25, 0.3) is 0 Å². The average molecular weight is 422 g/mol. The van der Waals surface area contributed by atoms with E-state index in [2.05, 4.69) is 5.32 Å². The standard InChI is InChI=1S/C21H18F4N2O3/c1-11(28)14-9-12(22)10-17-19(14)27-8-4-6-15(26-20(29)21(23,24)25)18(27)13-5-2-3-7-16(13)30-17/h2-3,5,7,9-10,15,18H,4,6,8H2,1H3,(H,26,29)/t15-,18-/m1/s1. The maximum absolute atomic E-state index is 14.2. The summed E-state index contributed by atoms with van der Waals surface area (Å²) >= 11 is 0. The minimum Gasteiger partial charge on any atom is -0.455 e. The van der Waals surface area contributed by atoms with Gasteiger partial charge in [-0.1, -0.05) is 18.2 Å². The summed E-state index contributed by atoms with van der Waals surface area (Å²) < 4.78 is 58.9. The van der Waals surface area contributed by atoms with Crippen molar-refractivity contribution in [3.63, 3.8) is 0 Å². The second kappa shape index (κ2) is 7.30. The zero-order valence-electron chi connectivity index (χ0n) is 15.9. The number of nitrogens with one attached hydrogen (secondary N) is 1. The Morgan fingerprint density at radius 2 is 1.90 bits per heavy atom. The van der Waals surface area contributed by atoms with Crippen LogP contribution >= 0.6 is 0 Å². The number of hydrogen-bond donors (Lipinski definition) is 1. The van der Waals surface area contributed by atoms with Crippen molar-refractivity contribution in [2.24, 2.45) is 0 Å². The molecule has 1 amide bonds. The van der Waals surface area contributed by atoms with E-state index in [1.165, 1.54) is 6.92 Å². The fourth-order valence-electron chi connectivity index (χ4n) is 4.19. The Kier molecular flexibility index (Phi) is 4.91. The van der Waals surface area contributed by atoms with Crippen LogP contribution in [0.2, 0.25) is 0 Å². The van der Waals surface area contributed by atoms with E-state index in [4.69, 9.17) is 4.74 Å². The van der Waals surface area contributed by atoms with Crippen LogP contribution in [0.5, 0.6) is 11.5 Å². The number of ether oxygens (including phenoxy) is 1. The molecule has 0 saturated carbocycles. The molecule has 1 saturated heterocycles. The van der Waals surface area contributed by atoms with Gasteiger partial charge < -0.3 is 15.0 Å². The number of alkyl halides is 3. The van der Waals surface area contributed by atoms with E-state index in [-0.39, 0.29) is 11.3 Å². The Morgan fingerprint density at radius 3 is 2.60 bits per heavy atom. The molecule has 0 unspecified atom stereocenters. The van der Waals surface area contributed by atoms with Gasteiger partial charge in [0, 0.05) is 23.7 Å². The van der Waals surface area contributed by atoms with E-state index >= 15 is 0 Å². The minimum absolute atomic E-state index is 0.0746. The van der Waals surface area contributed by atoms with Crippen LogP contribution in [0.3, 0.4) is 0 Å². The van der Waals surface area contributed by atoms with E-state index in [0.717, 1.165) is 12.1 Å². The third-order valence-corrected chi connectivity index (χ3v) is 5.37. The lowest BCUT2D eigenvalue weighted by atomic mass is 9.88. The third-order valence-electron chi connectivity index (χ3n) is 5.37. The summed E-state index contributed by atoms with van der Waals surface area (Å²) in [6.45, 7) is 1.69. The van der Waals surface area contributed by atoms with Crippen LogP contribution in [0.15, 0.2) is 36.4 Å². The molecule has 0 bridgehead atoms. The van der Waals surface area contributed by atoms with Crippen LogP contribution in [0, 0.1) is 5.82 Å². The van der Waals surface area contributed by atoms with Crippen molar-refractivity contribution in [3.8, 4) is 11.5 Å². The predicted molar refractivity (Wildman–Crippen MR) is 100 cm³/mol. The smallest absolute Gasteiger partial charge is 0.455 e. The molecule has 2 aromatic rings. The number of rotatable bonds is 2. The molecule has 0 aliphatic carbocycles. The van der Waals surface area contributed by atoms with Crippen LogP contribution in [0.4, 0.5) is 23.2 Å². The van der Waals surface area contributed by atoms with Crippen LogP contribution < -0.4 is 15.0 Å². The van der Waals surface area contributed by atoms with E-state index < -0.39 is 35.8 Å². The lowest BCUT2D eigenvalue weighted by Gasteiger charge is -2.43. The van der Waals surface area contributed by atoms with Gasteiger partial charge in [0.1, 0.15) is 11.6 Å². The van der Waals surface area contributed by atoms with Crippen molar-refractivity contribution in [1.29, 1.82) is 0 Å². The molecule has 30 heavy (non-hydrogen) atoms. The van der Waals surface area contributed by atoms with Gasteiger partial charge in [0.15, 0.2) is 11.5 Å². The van der Waals surface area contributed by atoms with Gasteiger partial charge in [0.05, 0.1) is 17.8 Å². The molecule has 0 aromatic heterocycles. The molecule has 1 fully saturated rings. The Hall–Kier alpha value is -3.10. The van der Waals surface area contributed by atoms with Gasteiger partial charge in [-0.25, -0.2) is 4.39 Å². The number of hydrogen-bond acceptors (Lipinski definition) is 4. The number of ketones is 1. The van der Waals surface area contributed by atoms with Crippen molar-refractivity contribution < 1.29 is 31.9 Å². The summed E-state index contributed by atoms with van der Waals surface area (Å²) in [7, 11) is 0. The lowest BCUT2D eigenvalue weighted by molar-refractivity contribution is -0.174. The van der Waals surface area contributed by atoms with Gasteiger partial charge in [0.2, 0.25) is 0 Å². The third kappa shape index (κ3) is 3.48. The Bertz CT molecular complexity index is 1020. The fourth-order valence-corrected chi connectivity index (χ4v) is 4.19. The summed E-state index contributed by atoms with van der Waals surface area (Å²) in [4.78, 5) is 25.7.